The molecular formula is C42H61F2N3O6. The standard InChI is InChI=1S/C42H61F2N3O6/c1-24-15-29(20-47(25(2)48)19-26-16-27(43)18-28(44)17-26)52-36-35(24)39(5)11-12-42-23-41(42)10-9-32(53-34-22-46(13-14-51-34)21-33(45)49)38(3,4)30(41)7-8-31(42)40(39,6)37(36)50/h16-18,24,29-32,34-37,50H,7-15,19-23H2,1-6H3,(H2,45,49)/t24-,29?,30+,31?,32?,34?,35+,36?,37+,39?,40-,41?,42?/m1/s1. The van der Waals surface area contributed by atoms with Crippen molar-refractivity contribution in [2.24, 2.45) is 56.5 Å². The summed E-state index contributed by atoms with van der Waals surface area (Å²) >= 11 is 0. The number of primary amides is 1. The lowest BCUT2D eigenvalue weighted by Crippen LogP contribution is -2.60. The summed E-state index contributed by atoms with van der Waals surface area (Å²) in [6.07, 6.45) is 7.01. The van der Waals surface area contributed by atoms with Crippen LogP contribution < -0.4 is 5.73 Å². The predicted molar refractivity (Wildman–Crippen MR) is 194 cm³/mol. The Bertz CT molecular complexity index is 1610. The van der Waals surface area contributed by atoms with Crippen molar-refractivity contribution >= 4 is 11.8 Å². The first-order valence-electron chi connectivity index (χ1n) is 20.3. The van der Waals surface area contributed by atoms with Crippen LogP contribution in [0.5, 0.6) is 0 Å². The number of nitrogens with zero attached hydrogens (tertiary/aromatic N) is 2. The Morgan fingerprint density at radius 3 is 2.43 bits per heavy atom. The van der Waals surface area contributed by atoms with Gasteiger partial charge in [0.15, 0.2) is 6.29 Å². The van der Waals surface area contributed by atoms with Crippen LogP contribution in [-0.2, 0) is 30.3 Å². The predicted octanol–water partition coefficient (Wildman–Crippen LogP) is 5.66. The van der Waals surface area contributed by atoms with Gasteiger partial charge in [-0.05, 0) is 114 Å². The van der Waals surface area contributed by atoms with Crippen molar-refractivity contribution in [3.8, 4) is 0 Å². The molecule has 2 aliphatic heterocycles. The van der Waals surface area contributed by atoms with Crippen molar-refractivity contribution in [2.45, 2.75) is 130 Å². The molecule has 2 spiro atoms. The number of halogens is 2. The SMILES string of the molecule is CC(=O)N(Cc1cc(F)cc(F)c1)CC1C[C@@H](C)[C@H]2C(O1)[C@H](O)[C@@]1(C)C3CC[C@H]4C(C)(C)C(OC5CN(CC(N)=O)CCO5)CCC45CC35CCC21C. The van der Waals surface area contributed by atoms with Gasteiger partial charge in [-0.25, -0.2) is 8.78 Å². The molecular weight excluding hydrogens is 680 g/mol. The number of hydrogen-bond acceptors (Lipinski definition) is 7. The molecule has 13 atom stereocenters. The normalized spacial score (nSPS) is 45.6. The van der Waals surface area contributed by atoms with Gasteiger partial charge in [-0.3, -0.25) is 14.5 Å². The second-order valence-corrected chi connectivity index (χ2v) is 19.4. The molecule has 9 nitrogen and oxygen atoms in total. The van der Waals surface area contributed by atoms with E-state index in [2.05, 4.69) is 34.6 Å². The molecule has 5 aliphatic carbocycles. The van der Waals surface area contributed by atoms with Crippen molar-refractivity contribution < 1.29 is 37.7 Å². The average Bonchev–Trinajstić information content (AvgIpc) is 3.70. The highest BCUT2D eigenvalue weighted by Crippen LogP contribution is 2.89. The summed E-state index contributed by atoms with van der Waals surface area (Å²) in [7, 11) is 0. The largest absolute Gasteiger partial charge is 0.390 e. The van der Waals surface area contributed by atoms with Crippen molar-refractivity contribution in [3.05, 3.63) is 35.4 Å². The maximum absolute atomic E-state index is 14.0. The highest BCUT2D eigenvalue weighted by molar-refractivity contribution is 5.76. The summed E-state index contributed by atoms with van der Waals surface area (Å²) in [6.45, 7) is 15.8. The summed E-state index contributed by atoms with van der Waals surface area (Å²) in [5.74, 6) is -0.424. The highest BCUT2D eigenvalue weighted by atomic mass is 19.1. The minimum absolute atomic E-state index is 0.0449. The molecule has 5 saturated carbocycles. The van der Waals surface area contributed by atoms with E-state index < -0.39 is 17.7 Å². The molecule has 8 unspecified atom stereocenters. The number of carbonyl (C=O) groups is 2. The van der Waals surface area contributed by atoms with Crippen molar-refractivity contribution in [1.29, 1.82) is 0 Å². The molecule has 294 valence electrons. The van der Waals surface area contributed by atoms with Gasteiger partial charge in [0.25, 0.3) is 0 Å². The van der Waals surface area contributed by atoms with Crippen molar-refractivity contribution in [3.63, 3.8) is 0 Å². The van der Waals surface area contributed by atoms with E-state index in [0.29, 0.717) is 43.6 Å². The van der Waals surface area contributed by atoms with E-state index in [1.165, 1.54) is 31.9 Å². The van der Waals surface area contributed by atoms with Gasteiger partial charge in [-0.1, -0.05) is 34.6 Å². The quantitative estimate of drug-likeness (QED) is 0.354. The zero-order chi connectivity index (χ0) is 37.9. The molecule has 0 aromatic heterocycles. The number of aliphatic hydroxyl groups excluding tert-OH is 1. The van der Waals surface area contributed by atoms with Gasteiger partial charge in [0.2, 0.25) is 11.8 Å². The van der Waals surface area contributed by atoms with Gasteiger partial charge in [0.1, 0.15) is 11.6 Å². The fourth-order valence-corrected chi connectivity index (χ4v) is 14.5. The molecule has 7 fully saturated rings. The minimum Gasteiger partial charge on any atom is -0.390 e. The first-order chi connectivity index (χ1) is 24.9. The lowest BCUT2D eigenvalue weighted by atomic mass is 9.41. The van der Waals surface area contributed by atoms with E-state index in [1.807, 2.05) is 4.90 Å². The van der Waals surface area contributed by atoms with E-state index in [4.69, 9.17) is 19.9 Å². The first kappa shape index (κ1) is 37.7. The molecule has 2 amide bonds. The average molecular weight is 742 g/mol. The third kappa shape index (κ3) is 5.66. The van der Waals surface area contributed by atoms with Crippen molar-refractivity contribution in [1.82, 2.24) is 9.80 Å². The number of fused-ring (bicyclic) bond motifs is 4. The number of rotatable bonds is 8. The van der Waals surface area contributed by atoms with Gasteiger partial charge in [-0.2, -0.15) is 0 Å². The number of aliphatic hydroxyl groups is 1. The second-order valence-electron chi connectivity index (χ2n) is 19.4. The molecule has 3 N–H and O–H groups in total. The monoisotopic (exact) mass is 741 g/mol. The Balaban J connectivity index is 0.991. The number of ether oxygens (including phenoxy) is 3. The Morgan fingerprint density at radius 2 is 1.74 bits per heavy atom. The van der Waals surface area contributed by atoms with Gasteiger partial charge in [0, 0.05) is 38.0 Å². The third-order valence-electron chi connectivity index (χ3n) is 16.8. The maximum Gasteiger partial charge on any atom is 0.231 e. The zero-order valence-corrected chi connectivity index (χ0v) is 32.5. The Kier molecular flexibility index (Phi) is 9.21. The fraction of sp³-hybridized carbons (Fsp3) is 0.810. The molecule has 2 saturated heterocycles. The Labute approximate surface area is 313 Å². The number of nitrogens with two attached hydrogens (primary N) is 1. The Morgan fingerprint density at radius 1 is 1.04 bits per heavy atom. The second kappa shape index (κ2) is 12.9. The summed E-state index contributed by atoms with van der Waals surface area (Å²) < 4.78 is 47.7. The van der Waals surface area contributed by atoms with E-state index >= 15 is 0 Å². The Hall–Kier alpha value is -2.18. The van der Waals surface area contributed by atoms with Crippen LogP contribution in [0.1, 0.15) is 98.5 Å². The summed E-state index contributed by atoms with van der Waals surface area (Å²) in [6, 6.07) is 3.39. The van der Waals surface area contributed by atoms with Crippen LogP contribution in [0.2, 0.25) is 0 Å². The first-order valence-corrected chi connectivity index (χ1v) is 20.3. The zero-order valence-electron chi connectivity index (χ0n) is 32.5. The number of benzene rings is 1. The lowest BCUT2D eigenvalue weighted by molar-refractivity contribution is -0.248. The lowest BCUT2D eigenvalue weighted by Gasteiger charge is -2.64. The molecule has 8 rings (SSSR count). The van der Waals surface area contributed by atoms with Gasteiger partial charge in [-0.15, -0.1) is 0 Å². The molecule has 1 aromatic carbocycles. The number of amides is 2. The van der Waals surface area contributed by atoms with Crippen LogP contribution in [0.4, 0.5) is 8.78 Å². The minimum atomic E-state index is -0.662. The van der Waals surface area contributed by atoms with Crippen LogP contribution in [0.15, 0.2) is 18.2 Å². The van der Waals surface area contributed by atoms with Crippen LogP contribution in [0.25, 0.3) is 0 Å². The maximum atomic E-state index is 14.0. The third-order valence-corrected chi connectivity index (χ3v) is 16.8. The van der Waals surface area contributed by atoms with E-state index in [9.17, 15) is 23.5 Å². The number of carbonyl (C=O) groups excluding carboxylic acids is 2. The van der Waals surface area contributed by atoms with Crippen LogP contribution in [-0.4, -0.2) is 90.2 Å². The number of hydrogen-bond donors (Lipinski definition) is 2. The molecule has 53 heavy (non-hydrogen) atoms. The fourth-order valence-electron chi connectivity index (χ4n) is 14.5. The van der Waals surface area contributed by atoms with Crippen LogP contribution >= 0.6 is 0 Å². The van der Waals surface area contributed by atoms with Crippen LogP contribution in [0.3, 0.4) is 0 Å². The molecule has 11 heteroatoms. The van der Waals surface area contributed by atoms with E-state index in [1.54, 1.807) is 4.90 Å². The summed E-state index contributed by atoms with van der Waals surface area (Å²) in [5, 5.41) is 12.6. The van der Waals surface area contributed by atoms with Gasteiger partial charge in [0.05, 0.1) is 44.1 Å². The van der Waals surface area contributed by atoms with Crippen molar-refractivity contribution in [2.75, 3.05) is 32.8 Å². The van der Waals surface area contributed by atoms with E-state index in [-0.39, 0.29) is 88.4 Å². The van der Waals surface area contributed by atoms with Gasteiger partial charge >= 0.3 is 0 Å². The highest BCUT2D eigenvalue weighted by Gasteiger charge is 2.84. The summed E-state index contributed by atoms with van der Waals surface area (Å²) in [4.78, 5) is 28.0. The molecule has 0 bridgehead atoms. The number of morpholine rings is 1. The topological polar surface area (TPSA) is 115 Å². The summed E-state index contributed by atoms with van der Waals surface area (Å²) in [5.41, 5.74) is 5.90. The molecule has 1 aromatic rings. The molecule has 0 radical (unpaired) electrons. The molecule has 2 heterocycles. The van der Waals surface area contributed by atoms with Gasteiger partial charge < -0.3 is 30.0 Å². The van der Waals surface area contributed by atoms with E-state index in [0.717, 1.165) is 44.6 Å². The molecule has 7 aliphatic rings. The smallest absolute Gasteiger partial charge is 0.231 e. The van der Waals surface area contributed by atoms with Crippen LogP contribution in [0, 0.1) is 62.4 Å².